The third-order valence-corrected chi connectivity index (χ3v) is 8.12. The van der Waals surface area contributed by atoms with E-state index in [0.717, 1.165) is 18.4 Å². The van der Waals surface area contributed by atoms with Gasteiger partial charge < -0.3 is 9.47 Å². The summed E-state index contributed by atoms with van der Waals surface area (Å²) in [6, 6.07) is 8.73. The zero-order chi connectivity index (χ0) is 22.5. The Morgan fingerprint density at radius 2 is 1.84 bits per heavy atom. The number of aromatic nitrogens is 2. The number of benzene rings is 2. The molecule has 8 nitrogen and oxygen atoms in total. The number of nitrogens with zero attached hydrogens (tertiary/aromatic N) is 1. The van der Waals surface area contributed by atoms with E-state index in [9.17, 15) is 13.2 Å². The molecule has 2 aliphatic carbocycles. The van der Waals surface area contributed by atoms with E-state index >= 15 is 0 Å². The summed E-state index contributed by atoms with van der Waals surface area (Å²) in [5, 5.41) is 7.08. The number of nitrogens with one attached hydrogen (secondary N) is 2. The van der Waals surface area contributed by atoms with Crippen LogP contribution in [-0.2, 0) is 20.2 Å². The quantitative estimate of drug-likeness (QED) is 0.565. The lowest BCUT2D eigenvalue weighted by molar-refractivity contribution is -0.121. The molecule has 0 aliphatic heterocycles. The van der Waals surface area contributed by atoms with Crippen LogP contribution in [0.25, 0.3) is 10.9 Å². The number of aromatic amines is 1. The number of sulfonamides is 1. The molecule has 2 saturated carbocycles. The number of hydrogen-bond acceptors (Lipinski definition) is 6. The lowest BCUT2D eigenvalue weighted by atomic mass is 9.79. The normalized spacial score (nSPS) is 17.6. The molecule has 2 fully saturated rings. The molecule has 0 atom stereocenters. The molecule has 0 spiro atoms. The molecule has 0 bridgehead atoms. The summed E-state index contributed by atoms with van der Waals surface area (Å²) >= 11 is 0. The van der Waals surface area contributed by atoms with Gasteiger partial charge in [-0.2, -0.15) is 5.10 Å². The highest BCUT2D eigenvalue weighted by molar-refractivity contribution is 7.90. The predicted molar refractivity (Wildman–Crippen MR) is 118 cm³/mol. The second kappa shape index (κ2) is 7.51. The molecule has 3 aromatic rings. The molecule has 2 N–H and O–H groups in total. The van der Waals surface area contributed by atoms with Gasteiger partial charge in [-0.05, 0) is 61.4 Å². The van der Waals surface area contributed by atoms with Gasteiger partial charge in [0.15, 0.2) is 0 Å². The molecule has 0 radical (unpaired) electrons. The number of carbonyl (C=O) groups excluding carboxylic acids is 1. The van der Waals surface area contributed by atoms with E-state index in [0.29, 0.717) is 46.7 Å². The Hall–Kier alpha value is -3.07. The first-order valence-electron chi connectivity index (χ1n) is 10.7. The molecule has 0 saturated heterocycles. The number of rotatable bonds is 7. The Labute approximate surface area is 186 Å². The molecule has 2 aliphatic rings. The Bertz CT molecular complexity index is 1280. The maximum absolute atomic E-state index is 13.4. The number of hydrogen-bond donors (Lipinski definition) is 2. The molecule has 1 heterocycles. The molecule has 0 unspecified atom stereocenters. The first-order valence-corrected chi connectivity index (χ1v) is 12.1. The van der Waals surface area contributed by atoms with Crippen LogP contribution in [0.15, 0.2) is 41.4 Å². The highest BCUT2D eigenvalue weighted by Gasteiger charge is 2.56. The van der Waals surface area contributed by atoms with Crippen LogP contribution in [0.4, 0.5) is 0 Å². The van der Waals surface area contributed by atoms with E-state index in [1.807, 2.05) is 12.1 Å². The molecule has 32 heavy (non-hydrogen) atoms. The topological polar surface area (TPSA) is 110 Å². The van der Waals surface area contributed by atoms with Crippen LogP contribution in [0.5, 0.6) is 11.5 Å². The van der Waals surface area contributed by atoms with Crippen molar-refractivity contribution >= 4 is 26.8 Å². The Kier molecular flexibility index (Phi) is 4.88. The van der Waals surface area contributed by atoms with Gasteiger partial charge in [-0.3, -0.25) is 9.89 Å². The number of carbonyl (C=O) groups is 1. The summed E-state index contributed by atoms with van der Waals surface area (Å²) in [6.07, 6.45) is 5.90. The number of fused-ring (bicyclic) bond motifs is 1. The van der Waals surface area contributed by atoms with E-state index in [2.05, 4.69) is 14.9 Å². The van der Waals surface area contributed by atoms with Gasteiger partial charge in [-0.1, -0.05) is 12.5 Å². The zero-order valence-electron chi connectivity index (χ0n) is 18.0. The monoisotopic (exact) mass is 455 g/mol. The highest BCUT2D eigenvalue weighted by Crippen LogP contribution is 2.56. The van der Waals surface area contributed by atoms with Crippen LogP contribution in [0.3, 0.4) is 0 Å². The summed E-state index contributed by atoms with van der Waals surface area (Å²) in [6.45, 7) is 0. The maximum atomic E-state index is 13.4. The van der Waals surface area contributed by atoms with Crippen molar-refractivity contribution < 1.29 is 22.7 Å². The predicted octanol–water partition coefficient (Wildman–Crippen LogP) is 3.38. The SMILES string of the molecule is COc1cc(C2CCC2)cc(OC)c1C1(C(=O)NS(=O)(=O)c2cccc3[nH]ncc23)CC1. The van der Waals surface area contributed by atoms with E-state index in [-0.39, 0.29) is 4.90 Å². The minimum Gasteiger partial charge on any atom is -0.496 e. The van der Waals surface area contributed by atoms with Gasteiger partial charge in [0.1, 0.15) is 11.5 Å². The fourth-order valence-electron chi connectivity index (χ4n) is 4.55. The minimum absolute atomic E-state index is 0.00663. The molecule has 5 rings (SSSR count). The van der Waals surface area contributed by atoms with E-state index in [1.165, 1.54) is 18.7 Å². The number of ether oxygens (including phenoxy) is 2. The Morgan fingerprint density at radius 3 is 2.41 bits per heavy atom. The summed E-state index contributed by atoms with van der Waals surface area (Å²) < 4.78 is 39.9. The summed E-state index contributed by atoms with van der Waals surface area (Å²) in [7, 11) is -0.979. The number of methoxy groups -OCH3 is 2. The molecular formula is C23H25N3O5S. The largest absolute Gasteiger partial charge is 0.496 e. The second-order valence-electron chi connectivity index (χ2n) is 8.53. The van der Waals surface area contributed by atoms with Crippen molar-refractivity contribution in [2.75, 3.05) is 14.2 Å². The molecule has 1 amide bonds. The fourth-order valence-corrected chi connectivity index (χ4v) is 5.81. The van der Waals surface area contributed by atoms with Crippen molar-refractivity contribution in [2.24, 2.45) is 0 Å². The molecule has 2 aromatic carbocycles. The molecular weight excluding hydrogens is 430 g/mol. The van der Waals surface area contributed by atoms with Crippen LogP contribution in [0.1, 0.15) is 49.1 Å². The minimum atomic E-state index is -4.10. The second-order valence-corrected chi connectivity index (χ2v) is 10.2. The number of amides is 1. The van der Waals surface area contributed by atoms with Gasteiger partial charge in [-0.25, -0.2) is 13.1 Å². The van der Waals surface area contributed by atoms with Gasteiger partial charge in [-0.15, -0.1) is 0 Å². The van der Waals surface area contributed by atoms with Crippen LogP contribution < -0.4 is 14.2 Å². The third-order valence-electron chi connectivity index (χ3n) is 6.73. The van der Waals surface area contributed by atoms with Crippen molar-refractivity contribution in [1.82, 2.24) is 14.9 Å². The van der Waals surface area contributed by atoms with Crippen LogP contribution >= 0.6 is 0 Å². The summed E-state index contributed by atoms with van der Waals surface area (Å²) in [4.78, 5) is 13.4. The fraction of sp³-hybridized carbons (Fsp3) is 0.391. The number of H-pyrrole nitrogens is 1. The van der Waals surface area contributed by atoms with Crippen molar-refractivity contribution in [3.63, 3.8) is 0 Å². The average molecular weight is 456 g/mol. The first-order chi connectivity index (χ1) is 15.4. The Balaban J connectivity index is 1.51. The van der Waals surface area contributed by atoms with Gasteiger partial charge in [0.05, 0.1) is 41.8 Å². The zero-order valence-corrected chi connectivity index (χ0v) is 18.8. The van der Waals surface area contributed by atoms with Gasteiger partial charge >= 0.3 is 0 Å². The molecule has 9 heteroatoms. The maximum Gasteiger partial charge on any atom is 0.264 e. The van der Waals surface area contributed by atoms with Crippen LogP contribution in [0.2, 0.25) is 0 Å². The third kappa shape index (κ3) is 3.23. The van der Waals surface area contributed by atoms with Crippen molar-refractivity contribution in [3.05, 3.63) is 47.7 Å². The van der Waals surface area contributed by atoms with E-state index < -0.39 is 21.3 Å². The average Bonchev–Trinajstić information content (AvgIpc) is 3.40. The van der Waals surface area contributed by atoms with Gasteiger partial charge in [0, 0.05) is 5.39 Å². The van der Waals surface area contributed by atoms with Gasteiger partial charge in [0.25, 0.3) is 10.0 Å². The van der Waals surface area contributed by atoms with Crippen molar-refractivity contribution in [3.8, 4) is 11.5 Å². The first kappa shape index (κ1) is 20.8. The standard InChI is InChI=1S/C23H25N3O5S/c1-30-18-11-15(14-5-3-6-14)12-19(31-2)21(18)23(9-10-23)22(27)26-32(28,29)20-8-4-7-17-16(20)13-24-25-17/h4,7-8,11-14H,3,5-6,9-10H2,1-2H3,(H,24,25)(H,26,27). The van der Waals surface area contributed by atoms with Crippen LogP contribution in [0, 0.1) is 0 Å². The summed E-state index contributed by atoms with van der Waals surface area (Å²) in [5.74, 6) is 1.01. The molecule has 168 valence electrons. The van der Waals surface area contributed by atoms with Crippen molar-refractivity contribution in [2.45, 2.75) is 48.3 Å². The van der Waals surface area contributed by atoms with Gasteiger partial charge in [0.2, 0.25) is 5.91 Å². The lowest BCUT2D eigenvalue weighted by Crippen LogP contribution is -2.39. The Morgan fingerprint density at radius 1 is 1.16 bits per heavy atom. The van der Waals surface area contributed by atoms with E-state index in [1.54, 1.807) is 26.4 Å². The molecule has 1 aromatic heterocycles. The van der Waals surface area contributed by atoms with Crippen LogP contribution in [-0.4, -0.2) is 38.7 Å². The van der Waals surface area contributed by atoms with E-state index in [4.69, 9.17) is 9.47 Å². The lowest BCUT2D eigenvalue weighted by Gasteiger charge is -2.28. The smallest absolute Gasteiger partial charge is 0.264 e. The van der Waals surface area contributed by atoms with Crippen molar-refractivity contribution in [1.29, 1.82) is 0 Å². The highest BCUT2D eigenvalue weighted by atomic mass is 32.2. The summed E-state index contributed by atoms with van der Waals surface area (Å²) in [5.41, 5.74) is 1.31.